The summed E-state index contributed by atoms with van der Waals surface area (Å²) >= 11 is 0. The molecule has 4 unspecified atom stereocenters. The topological polar surface area (TPSA) is 80.0 Å². The minimum absolute atomic E-state index is 0.0204. The largest absolute Gasteiger partial charge is 0.349 e. The lowest BCUT2D eigenvalue weighted by Crippen LogP contribution is -2.40. The molecule has 1 heterocycles. The van der Waals surface area contributed by atoms with E-state index in [1.165, 1.54) is 37.9 Å². The lowest BCUT2D eigenvalue weighted by molar-refractivity contribution is 0.0911. The van der Waals surface area contributed by atoms with E-state index in [1.54, 1.807) is 0 Å². The molecule has 2 aliphatic rings. The van der Waals surface area contributed by atoms with E-state index < -0.39 is 11.7 Å². The molecule has 3 rings (SSSR count). The van der Waals surface area contributed by atoms with Crippen LogP contribution in [0.15, 0.2) is 12.3 Å². The molecular formula is C15H21FN4O. The molecule has 0 aliphatic heterocycles. The summed E-state index contributed by atoms with van der Waals surface area (Å²) in [4.78, 5) is 16.0. The summed E-state index contributed by atoms with van der Waals surface area (Å²) in [5, 5.41) is 2.94. The van der Waals surface area contributed by atoms with Crippen molar-refractivity contribution in [3.05, 3.63) is 23.6 Å². The number of hydrazine groups is 1. The lowest BCUT2D eigenvalue weighted by atomic mass is 9.84. The van der Waals surface area contributed by atoms with E-state index >= 15 is 0 Å². The number of amides is 1. The number of hydrogen-bond donors (Lipinski definition) is 3. The van der Waals surface area contributed by atoms with Crippen LogP contribution in [0, 0.1) is 23.6 Å². The predicted molar refractivity (Wildman–Crippen MR) is 77.9 cm³/mol. The zero-order valence-electron chi connectivity index (χ0n) is 12.1. The van der Waals surface area contributed by atoms with Gasteiger partial charge in [-0.05, 0) is 50.0 Å². The number of fused-ring (bicyclic) bond motifs is 2. The van der Waals surface area contributed by atoms with Gasteiger partial charge in [-0.25, -0.2) is 15.2 Å². The maximum atomic E-state index is 14.0. The first-order valence-electron chi connectivity index (χ1n) is 7.52. The molecule has 0 aromatic carbocycles. The second kappa shape index (κ2) is 5.60. The third-order valence-electron chi connectivity index (χ3n) is 5.06. The summed E-state index contributed by atoms with van der Waals surface area (Å²) in [5.74, 6) is 6.01. The van der Waals surface area contributed by atoms with E-state index in [1.807, 2.05) is 6.92 Å². The minimum atomic E-state index is -0.711. The van der Waals surface area contributed by atoms with E-state index in [-0.39, 0.29) is 17.4 Å². The second-order valence-corrected chi connectivity index (χ2v) is 6.27. The van der Waals surface area contributed by atoms with Crippen LogP contribution in [0.5, 0.6) is 0 Å². The predicted octanol–water partition coefficient (Wildman–Crippen LogP) is 2.06. The van der Waals surface area contributed by atoms with Crippen LogP contribution < -0.4 is 16.6 Å². The number of aromatic nitrogens is 1. The third-order valence-corrected chi connectivity index (χ3v) is 5.06. The van der Waals surface area contributed by atoms with Crippen LogP contribution in [0.3, 0.4) is 0 Å². The third kappa shape index (κ3) is 2.60. The first kappa shape index (κ1) is 14.3. The molecule has 4 atom stereocenters. The van der Waals surface area contributed by atoms with Gasteiger partial charge in [-0.3, -0.25) is 4.79 Å². The Kier molecular flexibility index (Phi) is 3.80. The van der Waals surface area contributed by atoms with Crippen molar-refractivity contribution in [2.45, 2.75) is 38.6 Å². The number of nitrogens with zero attached hydrogens (tertiary/aromatic N) is 1. The fourth-order valence-corrected chi connectivity index (χ4v) is 4.02. The number of nitrogen functional groups attached to an aromatic ring is 1. The number of carbonyl (C=O) groups excluding carboxylic acids is 1. The van der Waals surface area contributed by atoms with Crippen molar-refractivity contribution in [1.29, 1.82) is 0 Å². The zero-order valence-corrected chi connectivity index (χ0v) is 12.1. The summed E-state index contributed by atoms with van der Waals surface area (Å²) in [7, 11) is 0. The molecule has 5 nitrogen and oxygen atoms in total. The average molecular weight is 292 g/mol. The lowest BCUT2D eigenvalue weighted by Gasteiger charge is -2.28. The Morgan fingerprint density at radius 1 is 1.48 bits per heavy atom. The normalized spacial score (nSPS) is 28.4. The number of nitrogens with one attached hydrogen (secondary N) is 2. The fourth-order valence-electron chi connectivity index (χ4n) is 4.02. The smallest absolute Gasteiger partial charge is 0.254 e. The number of anilines is 1. The number of nitrogens with two attached hydrogens (primary N) is 1. The van der Waals surface area contributed by atoms with E-state index in [4.69, 9.17) is 5.84 Å². The Morgan fingerprint density at radius 3 is 2.90 bits per heavy atom. The number of rotatable bonds is 4. The van der Waals surface area contributed by atoms with Crippen molar-refractivity contribution in [3.63, 3.8) is 0 Å². The monoisotopic (exact) mass is 292 g/mol. The first-order chi connectivity index (χ1) is 10.1. The second-order valence-electron chi connectivity index (χ2n) is 6.27. The quantitative estimate of drug-likeness (QED) is 0.586. The van der Waals surface area contributed by atoms with Gasteiger partial charge in [0.25, 0.3) is 5.91 Å². The van der Waals surface area contributed by atoms with Crippen molar-refractivity contribution in [3.8, 4) is 0 Å². The van der Waals surface area contributed by atoms with Gasteiger partial charge >= 0.3 is 0 Å². The molecule has 21 heavy (non-hydrogen) atoms. The molecule has 4 N–H and O–H groups in total. The van der Waals surface area contributed by atoms with E-state index in [0.717, 1.165) is 5.92 Å². The highest BCUT2D eigenvalue weighted by atomic mass is 19.1. The SMILES string of the molecule is CC(NC(=O)c1ccnc(NN)c1F)C1CC2CCC1C2. The molecule has 1 aromatic rings. The average Bonchev–Trinajstić information content (AvgIpc) is 3.10. The highest BCUT2D eigenvalue weighted by Crippen LogP contribution is 2.49. The van der Waals surface area contributed by atoms with E-state index in [2.05, 4.69) is 15.7 Å². The molecule has 2 aliphatic carbocycles. The van der Waals surface area contributed by atoms with Gasteiger partial charge in [0.1, 0.15) is 0 Å². The van der Waals surface area contributed by atoms with Crippen LogP contribution in [0.1, 0.15) is 43.0 Å². The number of pyridine rings is 1. The maximum absolute atomic E-state index is 14.0. The summed E-state index contributed by atoms with van der Waals surface area (Å²) in [6.07, 6.45) is 6.43. The fraction of sp³-hybridized carbons (Fsp3) is 0.600. The minimum Gasteiger partial charge on any atom is -0.349 e. The van der Waals surface area contributed by atoms with Gasteiger partial charge in [0.2, 0.25) is 0 Å². The van der Waals surface area contributed by atoms with E-state index in [9.17, 15) is 9.18 Å². The summed E-state index contributed by atoms with van der Waals surface area (Å²) in [6, 6.07) is 1.44. The van der Waals surface area contributed by atoms with Gasteiger partial charge in [-0.15, -0.1) is 0 Å². The van der Waals surface area contributed by atoms with Crippen molar-refractivity contribution in [1.82, 2.24) is 10.3 Å². The van der Waals surface area contributed by atoms with Gasteiger partial charge in [-0.1, -0.05) is 6.42 Å². The molecule has 2 fully saturated rings. The van der Waals surface area contributed by atoms with Crippen LogP contribution in [-0.2, 0) is 0 Å². The molecule has 2 saturated carbocycles. The molecule has 2 bridgehead atoms. The van der Waals surface area contributed by atoms with Crippen molar-refractivity contribution in [2.24, 2.45) is 23.6 Å². The van der Waals surface area contributed by atoms with Crippen LogP contribution in [-0.4, -0.2) is 16.9 Å². The molecular weight excluding hydrogens is 271 g/mol. The van der Waals surface area contributed by atoms with Crippen LogP contribution in [0.25, 0.3) is 0 Å². The van der Waals surface area contributed by atoms with Gasteiger partial charge in [0.15, 0.2) is 11.6 Å². The van der Waals surface area contributed by atoms with Crippen LogP contribution in [0.2, 0.25) is 0 Å². The summed E-state index contributed by atoms with van der Waals surface area (Å²) < 4.78 is 14.0. The molecule has 0 saturated heterocycles. The molecule has 114 valence electrons. The number of halogens is 1. The number of hydrogen-bond acceptors (Lipinski definition) is 4. The maximum Gasteiger partial charge on any atom is 0.254 e. The molecule has 6 heteroatoms. The Hall–Kier alpha value is -1.69. The Bertz CT molecular complexity index is 550. The van der Waals surface area contributed by atoms with Gasteiger partial charge in [-0.2, -0.15) is 0 Å². The summed E-state index contributed by atoms with van der Waals surface area (Å²) in [6.45, 7) is 2.02. The molecule has 1 aromatic heterocycles. The highest BCUT2D eigenvalue weighted by Gasteiger charge is 2.42. The Morgan fingerprint density at radius 2 is 2.29 bits per heavy atom. The Labute approximate surface area is 123 Å². The molecule has 0 spiro atoms. The number of carbonyl (C=O) groups is 1. The standard InChI is InChI=1S/C15H21FN4O/c1-8(12-7-9-2-3-10(12)6-9)19-15(21)11-4-5-18-14(20-17)13(11)16/h4-5,8-10,12H,2-3,6-7,17H2,1H3,(H,18,20)(H,19,21). The molecule has 1 amide bonds. The van der Waals surface area contributed by atoms with Crippen LogP contribution >= 0.6 is 0 Å². The Balaban J connectivity index is 1.69. The first-order valence-corrected chi connectivity index (χ1v) is 7.52. The van der Waals surface area contributed by atoms with Crippen LogP contribution in [0.4, 0.5) is 10.2 Å². The molecule has 0 radical (unpaired) electrons. The van der Waals surface area contributed by atoms with Gasteiger partial charge in [0.05, 0.1) is 5.56 Å². The van der Waals surface area contributed by atoms with Gasteiger partial charge < -0.3 is 10.7 Å². The van der Waals surface area contributed by atoms with Crippen molar-refractivity contribution < 1.29 is 9.18 Å². The van der Waals surface area contributed by atoms with Crippen molar-refractivity contribution in [2.75, 3.05) is 5.43 Å². The zero-order chi connectivity index (χ0) is 15.0. The van der Waals surface area contributed by atoms with E-state index in [0.29, 0.717) is 11.8 Å². The van der Waals surface area contributed by atoms with Gasteiger partial charge in [0, 0.05) is 12.2 Å². The highest BCUT2D eigenvalue weighted by molar-refractivity contribution is 5.95. The summed E-state index contributed by atoms with van der Waals surface area (Å²) in [5.41, 5.74) is 2.13. The van der Waals surface area contributed by atoms with Crippen molar-refractivity contribution >= 4 is 11.7 Å².